The van der Waals surface area contributed by atoms with Gasteiger partial charge < -0.3 is 14.8 Å². The van der Waals surface area contributed by atoms with Crippen molar-refractivity contribution in [1.82, 2.24) is 0 Å². The molecule has 1 amide bonds. The Morgan fingerprint density at radius 1 is 1.12 bits per heavy atom. The first-order valence-corrected chi connectivity index (χ1v) is 8.66. The van der Waals surface area contributed by atoms with Gasteiger partial charge in [0.15, 0.2) is 0 Å². The number of nitrogens with one attached hydrogen (secondary N) is 1. The normalized spacial score (nSPS) is 11.7. The summed E-state index contributed by atoms with van der Waals surface area (Å²) in [6.07, 6.45) is 0. The molecule has 0 aliphatic heterocycles. The third-order valence-electron chi connectivity index (χ3n) is 3.43. The summed E-state index contributed by atoms with van der Waals surface area (Å²) in [6, 6.07) is 11.3. The number of aryl methyl sites for hydroxylation is 1. The Morgan fingerprint density at radius 3 is 2.33 bits per heavy atom. The van der Waals surface area contributed by atoms with Gasteiger partial charge in [0.1, 0.15) is 11.5 Å². The van der Waals surface area contributed by atoms with Crippen molar-refractivity contribution in [2.24, 2.45) is 0 Å². The maximum absolute atomic E-state index is 12.5. The molecule has 0 bridgehead atoms. The molecule has 0 spiro atoms. The summed E-state index contributed by atoms with van der Waals surface area (Å²) in [6.45, 7) is 3.89. The van der Waals surface area contributed by atoms with Crippen LogP contribution in [0.1, 0.15) is 12.5 Å². The summed E-state index contributed by atoms with van der Waals surface area (Å²) in [5.74, 6) is 0.844. The second-order valence-electron chi connectivity index (χ2n) is 5.25. The predicted molar refractivity (Wildman–Crippen MR) is 99.7 cm³/mol. The number of ether oxygens (including phenoxy) is 2. The molecule has 0 aromatic heterocycles. The van der Waals surface area contributed by atoms with Gasteiger partial charge in [0.2, 0.25) is 5.91 Å². The van der Waals surface area contributed by atoms with Crippen LogP contribution in [-0.4, -0.2) is 25.4 Å². The lowest BCUT2D eigenvalue weighted by atomic mass is 10.2. The number of rotatable bonds is 6. The van der Waals surface area contributed by atoms with Crippen molar-refractivity contribution in [3.63, 3.8) is 0 Å². The van der Waals surface area contributed by atoms with Crippen LogP contribution in [0.2, 0.25) is 5.02 Å². The number of amides is 1. The number of hydrogen-bond donors (Lipinski definition) is 1. The first kappa shape index (κ1) is 18.5. The number of methoxy groups -OCH3 is 2. The minimum Gasteiger partial charge on any atom is -0.495 e. The molecule has 4 nitrogen and oxygen atoms in total. The van der Waals surface area contributed by atoms with Crippen LogP contribution in [0.25, 0.3) is 0 Å². The average Bonchev–Trinajstić information content (AvgIpc) is 2.57. The van der Waals surface area contributed by atoms with Gasteiger partial charge >= 0.3 is 0 Å². The number of thioether (sulfide) groups is 1. The molecule has 2 rings (SSSR count). The first-order valence-electron chi connectivity index (χ1n) is 7.40. The molecule has 1 atom stereocenters. The fourth-order valence-electron chi connectivity index (χ4n) is 2.07. The Morgan fingerprint density at radius 2 is 1.75 bits per heavy atom. The van der Waals surface area contributed by atoms with E-state index in [2.05, 4.69) is 5.32 Å². The summed E-state index contributed by atoms with van der Waals surface area (Å²) in [5, 5.41) is 3.03. The highest BCUT2D eigenvalue weighted by molar-refractivity contribution is 8.00. The van der Waals surface area contributed by atoms with E-state index in [0.29, 0.717) is 22.2 Å². The molecule has 0 aliphatic rings. The van der Waals surface area contributed by atoms with Crippen molar-refractivity contribution in [2.45, 2.75) is 24.0 Å². The van der Waals surface area contributed by atoms with Crippen LogP contribution >= 0.6 is 23.4 Å². The minimum absolute atomic E-state index is 0.122. The van der Waals surface area contributed by atoms with Gasteiger partial charge in [-0.25, -0.2) is 0 Å². The summed E-state index contributed by atoms with van der Waals surface area (Å²) < 4.78 is 10.5. The lowest BCUT2D eigenvalue weighted by molar-refractivity contribution is -0.115. The molecule has 6 heteroatoms. The summed E-state index contributed by atoms with van der Waals surface area (Å²) in [7, 11) is 3.05. The van der Waals surface area contributed by atoms with E-state index in [4.69, 9.17) is 21.1 Å². The second kappa shape index (κ2) is 8.31. The van der Waals surface area contributed by atoms with Gasteiger partial charge in [0.05, 0.1) is 30.2 Å². The smallest absolute Gasteiger partial charge is 0.237 e. The van der Waals surface area contributed by atoms with Crippen molar-refractivity contribution in [3.05, 3.63) is 47.0 Å². The van der Waals surface area contributed by atoms with Crippen molar-refractivity contribution in [1.29, 1.82) is 0 Å². The van der Waals surface area contributed by atoms with Crippen LogP contribution in [0.4, 0.5) is 5.69 Å². The SMILES string of the molecule is COc1cc(NC(=O)[C@@H](C)Sc2ccc(C)cc2)c(OC)cc1Cl. The molecule has 2 aromatic carbocycles. The first-order chi connectivity index (χ1) is 11.4. The Labute approximate surface area is 151 Å². The molecule has 0 radical (unpaired) electrons. The van der Waals surface area contributed by atoms with Crippen LogP contribution in [-0.2, 0) is 4.79 Å². The van der Waals surface area contributed by atoms with Crippen molar-refractivity contribution >= 4 is 35.0 Å². The second-order valence-corrected chi connectivity index (χ2v) is 7.07. The van der Waals surface area contributed by atoms with Crippen LogP contribution < -0.4 is 14.8 Å². The highest BCUT2D eigenvalue weighted by Crippen LogP contribution is 2.36. The van der Waals surface area contributed by atoms with Gasteiger partial charge in [-0.3, -0.25) is 4.79 Å². The van der Waals surface area contributed by atoms with Gasteiger partial charge in [-0.05, 0) is 26.0 Å². The molecular formula is C18H20ClNO3S. The number of benzene rings is 2. The fourth-order valence-corrected chi connectivity index (χ4v) is 3.17. The zero-order valence-electron chi connectivity index (χ0n) is 14.1. The molecule has 2 aromatic rings. The third-order valence-corrected chi connectivity index (χ3v) is 4.84. The van der Waals surface area contributed by atoms with E-state index in [1.54, 1.807) is 12.1 Å². The molecule has 128 valence electrons. The van der Waals surface area contributed by atoms with E-state index in [-0.39, 0.29) is 11.2 Å². The lowest BCUT2D eigenvalue weighted by Gasteiger charge is -2.16. The number of anilines is 1. The Balaban J connectivity index is 2.12. The molecule has 1 N–H and O–H groups in total. The monoisotopic (exact) mass is 365 g/mol. The van der Waals surface area contributed by atoms with Crippen molar-refractivity contribution in [3.8, 4) is 11.5 Å². The number of carbonyl (C=O) groups excluding carboxylic acids is 1. The average molecular weight is 366 g/mol. The van der Waals surface area contributed by atoms with E-state index in [1.165, 1.54) is 31.5 Å². The van der Waals surface area contributed by atoms with Crippen LogP contribution in [0, 0.1) is 6.92 Å². The third kappa shape index (κ3) is 4.58. The molecular weight excluding hydrogens is 346 g/mol. The van der Waals surface area contributed by atoms with Gasteiger partial charge in [-0.1, -0.05) is 29.3 Å². The molecule has 0 aliphatic carbocycles. The van der Waals surface area contributed by atoms with E-state index in [0.717, 1.165) is 4.90 Å². The quantitative estimate of drug-likeness (QED) is 0.748. The van der Waals surface area contributed by atoms with Crippen LogP contribution in [0.5, 0.6) is 11.5 Å². The largest absolute Gasteiger partial charge is 0.495 e. The summed E-state index contributed by atoms with van der Waals surface area (Å²) in [5.41, 5.74) is 1.72. The highest BCUT2D eigenvalue weighted by Gasteiger charge is 2.18. The van der Waals surface area contributed by atoms with Gasteiger partial charge in [-0.15, -0.1) is 11.8 Å². The van der Waals surface area contributed by atoms with Crippen LogP contribution in [0.15, 0.2) is 41.3 Å². The Hall–Kier alpha value is -1.85. The van der Waals surface area contributed by atoms with Crippen LogP contribution in [0.3, 0.4) is 0 Å². The summed E-state index contributed by atoms with van der Waals surface area (Å²) >= 11 is 7.57. The van der Waals surface area contributed by atoms with Crippen molar-refractivity contribution < 1.29 is 14.3 Å². The van der Waals surface area contributed by atoms with Gasteiger partial charge in [-0.2, -0.15) is 0 Å². The van der Waals surface area contributed by atoms with Gasteiger partial charge in [0, 0.05) is 17.0 Å². The fraction of sp³-hybridized carbons (Fsp3) is 0.278. The Bertz CT molecular complexity index is 719. The zero-order valence-corrected chi connectivity index (χ0v) is 15.6. The number of hydrogen-bond acceptors (Lipinski definition) is 4. The molecule has 0 saturated heterocycles. The maximum atomic E-state index is 12.5. The molecule has 0 fully saturated rings. The Kier molecular flexibility index (Phi) is 6.40. The van der Waals surface area contributed by atoms with E-state index in [9.17, 15) is 4.79 Å². The number of halogens is 1. The molecule has 0 heterocycles. The van der Waals surface area contributed by atoms with Gasteiger partial charge in [0.25, 0.3) is 0 Å². The minimum atomic E-state index is -0.265. The summed E-state index contributed by atoms with van der Waals surface area (Å²) in [4.78, 5) is 13.5. The van der Waals surface area contributed by atoms with E-state index >= 15 is 0 Å². The molecule has 24 heavy (non-hydrogen) atoms. The maximum Gasteiger partial charge on any atom is 0.237 e. The number of carbonyl (C=O) groups is 1. The standard InChI is InChI=1S/C18H20ClNO3S/c1-11-5-7-13(8-6-11)24-12(2)18(21)20-15-10-16(22-3)14(19)9-17(15)23-4/h5-10,12H,1-4H3,(H,20,21)/t12-/m1/s1. The lowest BCUT2D eigenvalue weighted by Crippen LogP contribution is -2.22. The van der Waals surface area contributed by atoms with E-state index in [1.807, 2.05) is 38.1 Å². The topological polar surface area (TPSA) is 47.6 Å². The zero-order chi connectivity index (χ0) is 17.7. The van der Waals surface area contributed by atoms with Crippen molar-refractivity contribution in [2.75, 3.05) is 19.5 Å². The molecule has 0 unspecified atom stereocenters. The highest BCUT2D eigenvalue weighted by atomic mass is 35.5. The predicted octanol–water partition coefficient (Wildman–Crippen LogP) is 4.78. The molecule has 0 saturated carbocycles. The van der Waals surface area contributed by atoms with E-state index < -0.39 is 0 Å².